The smallest absolute Gasteiger partial charge is 0.343 e. The molecule has 11 heteroatoms. The van der Waals surface area contributed by atoms with Crippen molar-refractivity contribution in [1.29, 1.82) is 0 Å². The van der Waals surface area contributed by atoms with E-state index in [0.717, 1.165) is 44.7 Å². The standard InChI is InChI=1S/C26H26F2N2O6S/c1-4-30(5-2)12-6-7-16-13-17(27)8-11-22(16)37(32,33)29-20-10-9-18-23-19(28)14-35-21(23)15-36-25(18)24(20)26(31)34-3/h6-11,13-14,29H,4-5,12,15H2,1-3H3/b7-6-. The number of nitrogens with one attached hydrogen (secondary N) is 1. The van der Waals surface area contributed by atoms with E-state index in [1.54, 1.807) is 6.08 Å². The number of methoxy groups -OCH3 is 1. The summed E-state index contributed by atoms with van der Waals surface area (Å²) in [6.07, 6.45) is 4.22. The lowest BCUT2D eigenvalue weighted by Crippen LogP contribution is -2.22. The largest absolute Gasteiger partial charge is 0.484 e. The quantitative estimate of drug-likeness (QED) is 0.385. The number of likely N-dealkylation sites (N-methyl/N-ethyl adjacent to an activating group) is 1. The molecule has 1 N–H and O–H groups in total. The second kappa shape index (κ2) is 10.7. The molecule has 3 aromatic rings. The summed E-state index contributed by atoms with van der Waals surface area (Å²) in [5, 5.41) is 0. The first-order valence-corrected chi connectivity index (χ1v) is 13.0. The number of carbonyl (C=O) groups is 1. The van der Waals surface area contributed by atoms with Gasteiger partial charge >= 0.3 is 5.97 Å². The average molecular weight is 533 g/mol. The van der Waals surface area contributed by atoms with Gasteiger partial charge in [0.15, 0.2) is 11.6 Å². The molecule has 196 valence electrons. The van der Waals surface area contributed by atoms with E-state index in [-0.39, 0.29) is 51.0 Å². The van der Waals surface area contributed by atoms with Crippen LogP contribution in [-0.2, 0) is 21.4 Å². The Hall–Kier alpha value is -3.70. The van der Waals surface area contributed by atoms with Crippen LogP contribution in [0.3, 0.4) is 0 Å². The van der Waals surface area contributed by atoms with E-state index >= 15 is 0 Å². The van der Waals surface area contributed by atoms with E-state index in [0.29, 0.717) is 6.54 Å². The third-order valence-electron chi connectivity index (χ3n) is 6.05. The Labute approximate surface area is 213 Å². The van der Waals surface area contributed by atoms with Crippen molar-refractivity contribution in [1.82, 2.24) is 4.90 Å². The number of esters is 1. The molecular formula is C26H26F2N2O6S. The summed E-state index contributed by atoms with van der Waals surface area (Å²) in [5.74, 6) is -1.94. The molecule has 0 spiro atoms. The van der Waals surface area contributed by atoms with Gasteiger partial charge in [0, 0.05) is 12.1 Å². The molecule has 0 saturated carbocycles. The number of furan rings is 1. The van der Waals surface area contributed by atoms with E-state index in [9.17, 15) is 22.0 Å². The van der Waals surface area contributed by atoms with Crippen LogP contribution in [0.5, 0.6) is 5.75 Å². The minimum atomic E-state index is -4.31. The van der Waals surface area contributed by atoms with Gasteiger partial charge in [-0.05, 0) is 49.0 Å². The highest BCUT2D eigenvalue weighted by atomic mass is 32.2. The van der Waals surface area contributed by atoms with Crippen molar-refractivity contribution in [2.24, 2.45) is 0 Å². The highest BCUT2D eigenvalue weighted by molar-refractivity contribution is 7.92. The Morgan fingerprint density at radius 2 is 1.95 bits per heavy atom. The zero-order chi connectivity index (χ0) is 26.7. The fourth-order valence-corrected chi connectivity index (χ4v) is 5.37. The molecule has 0 unspecified atom stereocenters. The first kappa shape index (κ1) is 26.4. The van der Waals surface area contributed by atoms with Crippen molar-refractivity contribution in [2.45, 2.75) is 25.3 Å². The van der Waals surface area contributed by atoms with Gasteiger partial charge in [-0.15, -0.1) is 0 Å². The number of nitrogens with zero attached hydrogens (tertiary/aromatic N) is 1. The number of anilines is 1. The number of carbonyl (C=O) groups excluding carboxylic acids is 1. The summed E-state index contributed by atoms with van der Waals surface area (Å²) >= 11 is 0. The van der Waals surface area contributed by atoms with E-state index < -0.39 is 27.6 Å². The van der Waals surface area contributed by atoms with Gasteiger partial charge in [0.2, 0.25) is 0 Å². The van der Waals surface area contributed by atoms with Gasteiger partial charge in [-0.25, -0.2) is 22.0 Å². The molecule has 8 nitrogen and oxygen atoms in total. The molecule has 2 heterocycles. The molecule has 1 aromatic heterocycles. The Kier molecular flexibility index (Phi) is 7.65. The molecule has 37 heavy (non-hydrogen) atoms. The van der Waals surface area contributed by atoms with Gasteiger partial charge < -0.3 is 18.8 Å². The zero-order valence-electron chi connectivity index (χ0n) is 20.5. The molecule has 0 saturated heterocycles. The van der Waals surface area contributed by atoms with Crippen LogP contribution in [0.25, 0.3) is 17.2 Å². The molecule has 0 atom stereocenters. The van der Waals surface area contributed by atoms with E-state index in [1.165, 1.54) is 18.2 Å². The molecule has 0 fully saturated rings. The van der Waals surface area contributed by atoms with Crippen molar-refractivity contribution in [3.8, 4) is 16.9 Å². The summed E-state index contributed by atoms with van der Waals surface area (Å²) in [4.78, 5) is 14.6. The summed E-state index contributed by atoms with van der Waals surface area (Å²) < 4.78 is 73.4. The molecule has 1 aliphatic heterocycles. The number of benzene rings is 2. The maximum Gasteiger partial charge on any atom is 0.343 e. The van der Waals surface area contributed by atoms with Crippen molar-refractivity contribution in [3.05, 3.63) is 71.2 Å². The lowest BCUT2D eigenvalue weighted by atomic mass is 9.98. The Morgan fingerprint density at radius 3 is 2.65 bits per heavy atom. The number of hydrogen-bond donors (Lipinski definition) is 1. The van der Waals surface area contributed by atoms with Crippen molar-refractivity contribution < 1.29 is 35.9 Å². The van der Waals surface area contributed by atoms with Gasteiger partial charge in [0.05, 0.1) is 23.3 Å². The predicted molar refractivity (Wildman–Crippen MR) is 134 cm³/mol. The fourth-order valence-electron chi connectivity index (χ4n) is 4.12. The van der Waals surface area contributed by atoms with Gasteiger partial charge in [0.25, 0.3) is 10.0 Å². The molecule has 0 radical (unpaired) electrons. The Balaban J connectivity index is 1.75. The van der Waals surface area contributed by atoms with Crippen LogP contribution in [0.1, 0.15) is 35.5 Å². The summed E-state index contributed by atoms with van der Waals surface area (Å²) in [6.45, 7) is 6.00. The number of sulfonamides is 1. The van der Waals surface area contributed by atoms with Crippen molar-refractivity contribution in [3.63, 3.8) is 0 Å². The van der Waals surface area contributed by atoms with Crippen LogP contribution in [0.4, 0.5) is 14.5 Å². The maximum atomic E-state index is 14.4. The van der Waals surface area contributed by atoms with Crippen LogP contribution in [0, 0.1) is 11.6 Å². The van der Waals surface area contributed by atoms with Crippen LogP contribution < -0.4 is 9.46 Å². The van der Waals surface area contributed by atoms with Crippen LogP contribution >= 0.6 is 0 Å². The maximum absolute atomic E-state index is 14.4. The Bertz CT molecular complexity index is 1460. The van der Waals surface area contributed by atoms with Crippen molar-refractivity contribution in [2.75, 3.05) is 31.5 Å². The normalized spacial score (nSPS) is 12.8. The molecule has 0 aliphatic carbocycles. The van der Waals surface area contributed by atoms with E-state index in [1.807, 2.05) is 13.8 Å². The first-order valence-electron chi connectivity index (χ1n) is 11.6. The Morgan fingerprint density at radius 1 is 1.19 bits per heavy atom. The first-order chi connectivity index (χ1) is 17.7. The number of fused-ring (bicyclic) bond motifs is 3. The second-order valence-corrected chi connectivity index (χ2v) is 9.85. The fraction of sp³-hybridized carbons (Fsp3) is 0.269. The number of rotatable bonds is 9. The lowest BCUT2D eigenvalue weighted by molar-refractivity contribution is 0.0596. The topological polar surface area (TPSA) is 98.1 Å². The van der Waals surface area contributed by atoms with Crippen molar-refractivity contribution >= 4 is 27.8 Å². The molecule has 0 amide bonds. The second-order valence-electron chi connectivity index (χ2n) is 8.20. The minimum Gasteiger partial charge on any atom is -0.484 e. The molecule has 0 bridgehead atoms. The third kappa shape index (κ3) is 5.23. The number of hydrogen-bond acceptors (Lipinski definition) is 7. The van der Waals surface area contributed by atoms with Crippen LogP contribution in [0.2, 0.25) is 0 Å². The highest BCUT2D eigenvalue weighted by Crippen LogP contribution is 2.45. The van der Waals surface area contributed by atoms with Crippen LogP contribution in [-0.4, -0.2) is 46.0 Å². The average Bonchev–Trinajstić information content (AvgIpc) is 3.26. The van der Waals surface area contributed by atoms with Gasteiger partial charge in [-0.2, -0.15) is 0 Å². The zero-order valence-corrected chi connectivity index (χ0v) is 21.3. The molecule has 2 aromatic carbocycles. The highest BCUT2D eigenvalue weighted by Gasteiger charge is 2.32. The number of ether oxygens (including phenoxy) is 2. The van der Waals surface area contributed by atoms with E-state index in [2.05, 4.69) is 9.62 Å². The predicted octanol–water partition coefficient (Wildman–Crippen LogP) is 5.06. The van der Waals surface area contributed by atoms with E-state index in [4.69, 9.17) is 13.9 Å². The van der Waals surface area contributed by atoms with Crippen LogP contribution in [0.15, 0.2) is 52.0 Å². The minimum absolute atomic E-state index is 0.0432. The van der Waals surface area contributed by atoms with Gasteiger partial charge in [-0.1, -0.05) is 26.0 Å². The molecule has 1 aliphatic rings. The van der Waals surface area contributed by atoms with Gasteiger partial charge in [-0.3, -0.25) is 4.72 Å². The monoisotopic (exact) mass is 532 g/mol. The molecular weight excluding hydrogens is 506 g/mol. The number of halogens is 2. The van der Waals surface area contributed by atoms with Gasteiger partial charge in [0.1, 0.15) is 30.0 Å². The third-order valence-corrected chi connectivity index (χ3v) is 7.49. The summed E-state index contributed by atoms with van der Waals surface area (Å²) in [6, 6.07) is 6.04. The lowest BCUT2D eigenvalue weighted by Gasteiger charge is -2.22. The summed E-state index contributed by atoms with van der Waals surface area (Å²) in [7, 11) is -3.18. The molecule has 4 rings (SSSR count). The SMILES string of the molecule is CCN(CC)C/C=C\c1cc(F)ccc1S(=O)(=O)Nc1ccc2c(c1C(=O)OC)OCc1occ(F)c1-2. The summed E-state index contributed by atoms with van der Waals surface area (Å²) in [5.41, 5.74) is 0.118.